The van der Waals surface area contributed by atoms with Crippen molar-refractivity contribution in [2.24, 2.45) is 0 Å². The van der Waals surface area contributed by atoms with Crippen molar-refractivity contribution >= 4 is 16.1 Å². The Kier molecular flexibility index (Phi) is 6.47. The van der Waals surface area contributed by atoms with Gasteiger partial charge in [-0.05, 0) is 59.2 Å². The first-order valence-corrected chi connectivity index (χ1v) is 9.39. The summed E-state index contributed by atoms with van der Waals surface area (Å²) in [6, 6.07) is 4.91. The fourth-order valence-electron chi connectivity index (χ4n) is 1.97. The van der Waals surface area contributed by atoms with E-state index in [1.54, 1.807) is 53.7 Å². The quantitative estimate of drug-likeness (QED) is 0.800. The molecule has 142 valence electrons. The van der Waals surface area contributed by atoms with Crippen LogP contribution in [0.25, 0.3) is 0 Å². The predicted molar refractivity (Wildman–Crippen MR) is 96.4 cm³/mol. The molecule has 0 saturated heterocycles. The van der Waals surface area contributed by atoms with Crippen molar-refractivity contribution in [1.29, 1.82) is 0 Å². The molecule has 0 aliphatic carbocycles. The molecular weight excluding hydrogens is 344 g/mol. The number of nitrogens with one attached hydrogen (secondary N) is 2. The van der Waals surface area contributed by atoms with E-state index < -0.39 is 27.3 Å². The van der Waals surface area contributed by atoms with Crippen molar-refractivity contribution in [1.82, 2.24) is 10.0 Å². The topological polar surface area (TPSA) is 93.7 Å². The number of ether oxygens (including phenoxy) is 2. The first-order valence-electron chi connectivity index (χ1n) is 7.91. The van der Waals surface area contributed by atoms with Crippen molar-refractivity contribution in [3.63, 3.8) is 0 Å². The van der Waals surface area contributed by atoms with Crippen molar-refractivity contribution in [2.75, 3.05) is 13.7 Å². The van der Waals surface area contributed by atoms with Gasteiger partial charge in [-0.1, -0.05) is 6.07 Å². The van der Waals surface area contributed by atoms with Crippen LogP contribution in [0.4, 0.5) is 4.79 Å². The van der Waals surface area contributed by atoms with E-state index in [0.29, 0.717) is 0 Å². The number of hydrogen-bond donors (Lipinski definition) is 2. The molecule has 0 atom stereocenters. The largest absolute Gasteiger partial charge is 0.495 e. The van der Waals surface area contributed by atoms with Crippen LogP contribution in [0.1, 0.15) is 40.2 Å². The standard InChI is InChI=1S/C17H28N2O5S/c1-12-8-9-13(23-7)14(10-12)25(21,22)18-11-17(5,6)19-15(20)24-16(2,3)4/h8-10,18H,11H2,1-7H3,(H,19,20). The molecule has 1 aromatic carbocycles. The highest BCUT2D eigenvalue weighted by molar-refractivity contribution is 7.89. The molecule has 0 heterocycles. The van der Waals surface area contributed by atoms with Gasteiger partial charge in [-0.25, -0.2) is 17.9 Å². The number of alkyl carbamates (subject to hydrolysis) is 1. The Balaban J connectivity index is 2.85. The van der Waals surface area contributed by atoms with E-state index >= 15 is 0 Å². The second-order valence-electron chi connectivity index (χ2n) is 7.49. The van der Waals surface area contributed by atoms with Crippen LogP contribution in [0.2, 0.25) is 0 Å². The highest BCUT2D eigenvalue weighted by Gasteiger charge is 2.28. The zero-order chi connectivity index (χ0) is 19.5. The summed E-state index contributed by atoms with van der Waals surface area (Å²) in [4.78, 5) is 11.9. The summed E-state index contributed by atoms with van der Waals surface area (Å²) in [5.41, 5.74) is -0.673. The number of benzene rings is 1. The van der Waals surface area contributed by atoms with Crippen molar-refractivity contribution < 1.29 is 22.7 Å². The smallest absolute Gasteiger partial charge is 0.408 e. The number of sulfonamides is 1. The second-order valence-corrected chi connectivity index (χ2v) is 9.23. The van der Waals surface area contributed by atoms with Crippen LogP contribution in [0.15, 0.2) is 23.1 Å². The van der Waals surface area contributed by atoms with Gasteiger partial charge < -0.3 is 14.8 Å². The Hall–Kier alpha value is -1.80. The Morgan fingerprint density at radius 3 is 2.28 bits per heavy atom. The number of hydrogen-bond acceptors (Lipinski definition) is 5. The molecule has 0 aliphatic heterocycles. The van der Waals surface area contributed by atoms with Gasteiger partial charge in [-0.15, -0.1) is 0 Å². The van der Waals surface area contributed by atoms with Crippen molar-refractivity contribution in [3.8, 4) is 5.75 Å². The lowest BCUT2D eigenvalue weighted by Gasteiger charge is -2.28. The van der Waals surface area contributed by atoms with E-state index in [4.69, 9.17) is 9.47 Å². The van der Waals surface area contributed by atoms with Crippen LogP contribution in [0.3, 0.4) is 0 Å². The van der Waals surface area contributed by atoms with Crippen LogP contribution < -0.4 is 14.8 Å². The van der Waals surface area contributed by atoms with Gasteiger partial charge in [0.25, 0.3) is 0 Å². The SMILES string of the molecule is COc1ccc(C)cc1S(=O)(=O)NCC(C)(C)NC(=O)OC(C)(C)C. The minimum absolute atomic E-state index is 0.00826. The fraction of sp³-hybridized carbons (Fsp3) is 0.588. The zero-order valence-electron chi connectivity index (χ0n) is 15.9. The maximum Gasteiger partial charge on any atom is 0.408 e. The van der Waals surface area contributed by atoms with Crippen molar-refractivity contribution in [2.45, 2.75) is 57.6 Å². The molecule has 0 spiro atoms. The summed E-state index contributed by atoms with van der Waals surface area (Å²) in [6.07, 6.45) is -0.607. The molecule has 1 aromatic rings. The number of aryl methyl sites for hydroxylation is 1. The predicted octanol–water partition coefficient (Wildman–Crippen LogP) is 2.59. The van der Waals surface area contributed by atoms with Gasteiger partial charge in [0, 0.05) is 6.54 Å². The van der Waals surface area contributed by atoms with Crippen LogP contribution in [-0.2, 0) is 14.8 Å². The lowest BCUT2D eigenvalue weighted by atomic mass is 10.1. The van der Waals surface area contributed by atoms with Gasteiger partial charge >= 0.3 is 6.09 Å². The summed E-state index contributed by atoms with van der Waals surface area (Å²) >= 11 is 0. The minimum Gasteiger partial charge on any atom is -0.495 e. The monoisotopic (exact) mass is 372 g/mol. The van der Waals surface area contributed by atoms with E-state index in [1.807, 2.05) is 0 Å². The van der Waals surface area contributed by atoms with Gasteiger partial charge in [0.2, 0.25) is 10.0 Å². The molecular formula is C17H28N2O5S. The van der Waals surface area contributed by atoms with Gasteiger partial charge in [-0.3, -0.25) is 0 Å². The number of amides is 1. The number of carbonyl (C=O) groups excluding carboxylic acids is 1. The third kappa shape index (κ3) is 6.91. The number of carbonyl (C=O) groups is 1. The van der Waals surface area contributed by atoms with E-state index in [-0.39, 0.29) is 17.2 Å². The van der Waals surface area contributed by atoms with Crippen LogP contribution >= 0.6 is 0 Å². The number of methoxy groups -OCH3 is 1. The molecule has 8 heteroatoms. The lowest BCUT2D eigenvalue weighted by Crippen LogP contribution is -2.52. The third-order valence-corrected chi connectivity index (χ3v) is 4.57. The summed E-state index contributed by atoms with van der Waals surface area (Å²) < 4.78 is 38.0. The summed E-state index contributed by atoms with van der Waals surface area (Å²) in [7, 11) is -2.38. The first-order chi connectivity index (χ1) is 11.3. The van der Waals surface area contributed by atoms with Crippen LogP contribution in [-0.4, -0.2) is 39.3 Å². The molecule has 0 bridgehead atoms. The molecule has 0 aliphatic rings. The molecule has 1 rings (SSSR count). The average molecular weight is 372 g/mol. The van der Waals surface area contributed by atoms with Gasteiger partial charge in [0.05, 0.1) is 12.6 Å². The Morgan fingerprint density at radius 2 is 1.76 bits per heavy atom. The minimum atomic E-state index is -3.80. The van der Waals surface area contributed by atoms with Gasteiger partial charge in [0.15, 0.2) is 0 Å². The molecule has 0 saturated carbocycles. The van der Waals surface area contributed by atoms with Crippen LogP contribution in [0, 0.1) is 6.92 Å². The maximum absolute atomic E-state index is 12.6. The summed E-state index contributed by atoms with van der Waals surface area (Å²) in [5, 5.41) is 2.66. The zero-order valence-corrected chi connectivity index (χ0v) is 16.7. The molecule has 25 heavy (non-hydrogen) atoms. The molecule has 0 aromatic heterocycles. The lowest BCUT2D eigenvalue weighted by molar-refractivity contribution is 0.0474. The Morgan fingerprint density at radius 1 is 1.16 bits per heavy atom. The van der Waals surface area contributed by atoms with Gasteiger partial charge in [-0.2, -0.15) is 0 Å². The molecule has 0 radical (unpaired) electrons. The molecule has 1 amide bonds. The molecule has 0 fully saturated rings. The van der Waals surface area contributed by atoms with E-state index in [1.165, 1.54) is 13.2 Å². The molecule has 7 nitrogen and oxygen atoms in total. The van der Waals surface area contributed by atoms with Crippen molar-refractivity contribution in [3.05, 3.63) is 23.8 Å². The van der Waals surface area contributed by atoms with Crippen LogP contribution in [0.5, 0.6) is 5.75 Å². The fourth-order valence-corrected chi connectivity index (χ4v) is 3.43. The third-order valence-electron chi connectivity index (χ3n) is 3.15. The molecule has 0 unspecified atom stereocenters. The Bertz CT molecular complexity index is 721. The van der Waals surface area contributed by atoms with E-state index in [2.05, 4.69) is 10.0 Å². The number of rotatable bonds is 6. The maximum atomic E-state index is 12.6. The summed E-state index contributed by atoms with van der Waals surface area (Å²) in [5.74, 6) is 0.260. The normalized spacial score (nSPS) is 12.6. The molecule has 2 N–H and O–H groups in total. The highest BCUT2D eigenvalue weighted by Crippen LogP contribution is 2.24. The average Bonchev–Trinajstić information content (AvgIpc) is 2.42. The van der Waals surface area contributed by atoms with E-state index in [0.717, 1.165) is 5.56 Å². The van der Waals surface area contributed by atoms with Gasteiger partial charge in [0.1, 0.15) is 16.2 Å². The second kappa shape index (κ2) is 7.61. The van der Waals surface area contributed by atoms with E-state index in [9.17, 15) is 13.2 Å². The summed E-state index contributed by atoms with van der Waals surface area (Å²) in [6.45, 7) is 10.5. The Labute approximate surface area is 150 Å². The highest BCUT2D eigenvalue weighted by atomic mass is 32.2. The first kappa shape index (κ1) is 21.2.